The van der Waals surface area contributed by atoms with Crippen LogP contribution in [0.1, 0.15) is 36.2 Å². The Kier molecular flexibility index (Phi) is 5.70. The summed E-state index contributed by atoms with van der Waals surface area (Å²) in [5.41, 5.74) is 12.8. The summed E-state index contributed by atoms with van der Waals surface area (Å²) in [5, 5.41) is 2.86. The number of rotatable bonds is 6. The molecule has 0 saturated carbocycles. The van der Waals surface area contributed by atoms with Crippen molar-refractivity contribution in [1.82, 2.24) is 0 Å². The molecule has 1 atom stereocenters. The van der Waals surface area contributed by atoms with Crippen molar-refractivity contribution < 1.29 is 9.59 Å². The summed E-state index contributed by atoms with van der Waals surface area (Å²) in [6, 6.07) is 4.96. The molecule has 5 heteroatoms. The number of hydrogen-bond donors (Lipinski definition) is 3. The molecule has 1 unspecified atom stereocenters. The lowest BCUT2D eigenvalue weighted by atomic mass is 9.96. The van der Waals surface area contributed by atoms with Gasteiger partial charge < -0.3 is 16.8 Å². The number of amides is 2. The zero-order valence-corrected chi connectivity index (χ0v) is 12.3. The summed E-state index contributed by atoms with van der Waals surface area (Å²) in [4.78, 5) is 23.2. The van der Waals surface area contributed by atoms with Crippen LogP contribution >= 0.6 is 0 Å². The van der Waals surface area contributed by atoms with Gasteiger partial charge in [0, 0.05) is 17.8 Å². The van der Waals surface area contributed by atoms with Gasteiger partial charge in [-0.1, -0.05) is 13.8 Å². The molecule has 5 nitrogen and oxygen atoms in total. The Hall–Kier alpha value is -1.88. The number of nitrogens with two attached hydrogens (primary N) is 2. The van der Waals surface area contributed by atoms with Crippen LogP contribution in [0.4, 0.5) is 5.69 Å². The van der Waals surface area contributed by atoms with Gasteiger partial charge in [-0.3, -0.25) is 9.59 Å². The fourth-order valence-electron chi connectivity index (χ4n) is 2.07. The highest BCUT2D eigenvalue weighted by Gasteiger charge is 2.19. The van der Waals surface area contributed by atoms with Gasteiger partial charge in [0.25, 0.3) is 0 Å². The third-order valence-electron chi connectivity index (χ3n) is 3.18. The molecule has 0 bridgehead atoms. The summed E-state index contributed by atoms with van der Waals surface area (Å²) in [5.74, 6) is -0.361. The predicted octanol–water partition coefficient (Wildman–Crippen LogP) is 1.65. The zero-order chi connectivity index (χ0) is 15.3. The molecule has 0 aliphatic carbocycles. The zero-order valence-electron chi connectivity index (χ0n) is 12.3. The van der Waals surface area contributed by atoms with Crippen LogP contribution in [0.15, 0.2) is 18.2 Å². The number of benzene rings is 1. The van der Waals surface area contributed by atoms with Crippen molar-refractivity contribution in [2.45, 2.75) is 27.2 Å². The number of carbonyl (C=O) groups excluding carboxylic acids is 2. The van der Waals surface area contributed by atoms with Crippen LogP contribution in [-0.4, -0.2) is 18.4 Å². The van der Waals surface area contributed by atoms with Gasteiger partial charge in [-0.15, -0.1) is 0 Å². The number of primary amides is 1. The average Bonchev–Trinajstić information content (AvgIpc) is 2.37. The van der Waals surface area contributed by atoms with Gasteiger partial charge in [0.15, 0.2) is 0 Å². The Morgan fingerprint density at radius 3 is 2.40 bits per heavy atom. The van der Waals surface area contributed by atoms with Crippen molar-refractivity contribution in [3.63, 3.8) is 0 Å². The third-order valence-corrected chi connectivity index (χ3v) is 3.18. The number of nitrogens with one attached hydrogen (secondary N) is 1. The quantitative estimate of drug-likeness (QED) is 0.737. The number of carbonyl (C=O) groups is 2. The number of aryl methyl sites for hydroxylation is 1. The first-order chi connectivity index (χ1) is 9.35. The van der Waals surface area contributed by atoms with E-state index in [2.05, 4.69) is 19.2 Å². The second-order valence-corrected chi connectivity index (χ2v) is 5.45. The first-order valence-corrected chi connectivity index (χ1v) is 6.76. The predicted molar refractivity (Wildman–Crippen MR) is 80.3 cm³/mol. The van der Waals surface area contributed by atoms with E-state index in [1.165, 1.54) is 0 Å². The Bertz CT molecular complexity index is 498. The maximum atomic E-state index is 12.2. The Morgan fingerprint density at radius 1 is 1.30 bits per heavy atom. The van der Waals surface area contributed by atoms with Gasteiger partial charge in [-0.2, -0.15) is 0 Å². The van der Waals surface area contributed by atoms with Crippen LogP contribution in [0.5, 0.6) is 0 Å². The van der Waals surface area contributed by atoms with Gasteiger partial charge >= 0.3 is 0 Å². The highest BCUT2D eigenvalue weighted by Crippen LogP contribution is 2.19. The summed E-state index contributed by atoms with van der Waals surface area (Å²) in [6.07, 6.45) is 0.751. The second kappa shape index (κ2) is 7.05. The van der Waals surface area contributed by atoms with E-state index < -0.39 is 5.91 Å². The summed E-state index contributed by atoms with van der Waals surface area (Å²) in [7, 11) is 0. The van der Waals surface area contributed by atoms with E-state index in [4.69, 9.17) is 11.5 Å². The molecule has 1 aromatic rings. The molecule has 0 spiro atoms. The van der Waals surface area contributed by atoms with E-state index in [-0.39, 0.29) is 11.8 Å². The van der Waals surface area contributed by atoms with Crippen LogP contribution in [0, 0.1) is 18.8 Å². The van der Waals surface area contributed by atoms with E-state index >= 15 is 0 Å². The van der Waals surface area contributed by atoms with Crippen LogP contribution < -0.4 is 16.8 Å². The van der Waals surface area contributed by atoms with Crippen molar-refractivity contribution in [3.8, 4) is 0 Å². The smallest absolute Gasteiger partial charge is 0.248 e. The van der Waals surface area contributed by atoms with Gasteiger partial charge in [0.1, 0.15) is 0 Å². The summed E-state index contributed by atoms with van der Waals surface area (Å²) >= 11 is 0. The van der Waals surface area contributed by atoms with E-state index in [1.807, 2.05) is 6.92 Å². The van der Waals surface area contributed by atoms with Crippen LogP contribution in [0.25, 0.3) is 0 Å². The normalized spacial score (nSPS) is 12.2. The molecule has 0 fully saturated rings. The van der Waals surface area contributed by atoms with E-state index in [0.29, 0.717) is 23.7 Å². The molecule has 0 radical (unpaired) electrons. The molecule has 0 aromatic heterocycles. The average molecular weight is 277 g/mol. The minimum absolute atomic E-state index is 0.0869. The SMILES string of the molecule is Cc1cc(C(N)=O)ccc1NC(=O)C(CN)CC(C)C. The lowest BCUT2D eigenvalue weighted by molar-refractivity contribution is -0.120. The molecule has 110 valence electrons. The van der Waals surface area contributed by atoms with E-state index in [9.17, 15) is 9.59 Å². The fourth-order valence-corrected chi connectivity index (χ4v) is 2.07. The molecule has 0 saturated heterocycles. The van der Waals surface area contributed by atoms with Crippen molar-refractivity contribution in [3.05, 3.63) is 29.3 Å². The number of hydrogen-bond acceptors (Lipinski definition) is 3. The van der Waals surface area contributed by atoms with Crippen LogP contribution in [0.3, 0.4) is 0 Å². The molecule has 0 aliphatic rings. The maximum absolute atomic E-state index is 12.2. The van der Waals surface area contributed by atoms with Gasteiger partial charge in [-0.05, 0) is 43.0 Å². The standard InChI is InChI=1S/C15H23N3O2/c1-9(2)6-12(8-16)15(20)18-13-5-4-11(14(17)19)7-10(13)3/h4-5,7,9,12H,6,8,16H2,1-3H3,(H2,17,19)(H,18,20). The lowest BCUT2D eigenvalue weighted by Gasteiger charge is -2.18. The first kappa shape index (κ1) is 16.2. The highest BCUT2D eigenvalue weighted by molar-refractivity contribution is 5.96. The van der Waals surface area contributed by atoms with Crippen molar-refractivity contribution in [2.24, 2.45) is 23.3 Å². The fraction of sp³-hybridized carbons (Fsp3) is 0.467. The van der Waals surface area contributed by atoms with Crippen molar-refractivity contribution in [1.29, 1.82) is 0 Å². The molecule has 0 aliphatic heterocycles. The largest absolute Gasteiger partial charge is 0.366 e. The molecule has 1 rings (SSSR count). The van der Waals surface area contributed by atoms with E-state index in [0.717, 1.165) is 12.0 Å². The molecule has 1 aromatic carbocycles. The van der Waals surface area contributed by atoms with Crippen molar-refractivity contribution >= 4 is 17.5 Å². The van der Waals surface area contributed by atoms with Crippen molar-refractivity contribution in [2.75, 3.05) is 11.9 Å². The Labute approximate surface area is 119 Å². The van der Waals surface area contributed by atoms with E-state index in [1.54, 1.807) is 18.2 Å². The molecule has 20 heavy (non-hydrogen) atoms. The molecular weight excluding hydrogens is 254 g/mol. The minimum atomic E-state index is -0.481. The maximum Gasteiger partial charge on any atom is 0.248 e. The molecule has 2 amide bonds. The Morgan fingerprint density at radius 2 is 1.95 bits per heavy atom. The first-order valence-electron chi connectivity index (χ1n) is 6.76. The molecule has 0 heterocycles. The Balaban J connectivity index is 2.82. The highest BCUT2D eigenvalue weighted by atomic mass is 16.2. The van der Waals surface area contributed by atoms with Gasteiger partial charge in [-0.25, -0.2) is 0 Å². The molecule has 5 N–H and O–H groups in total. The third kappa shape index (κ3) is 4.35. The summed E-state index contributed by atoms with van der Waals surface area (Å²) in [6.45, 7) is 6.26. The topological polar surface area (TPSA) is 98.2 Å². The van der Waals surface area contributed by atoms with Gasteiger partial charge in [0.05, 0.1) is 5.92 Å². The second-order valence-electron chi connectivity index (χ2n) is 5.45. The van der Waals surface area contributed by atoms with Crippen LogP contribution in [-0.2, 0) is 4.79 Å². The number of anilines is 1. The lowest BCUT2D eigenvalue weighted by Crippen LogP contribution is -2.30. The van der Waals surface area contributed by atoms with Gasteiger partial charge in [0.2, 0.25) is 11.8 Å². The minimum Gasteiger partial charge on any atom is -0.366 e. The van der Waals surface area contributed by atoms with Crippen LogP contribution in [0.2, 0.25) is 0 Å². The molecular formula is C15H23N3O2. The monoisotopic (exact) mass is 277 g/mol. The summed E-state index contributed by atoms with van der Waals surface area (Å²) < 4.78 is 0.